The molecule has 3 rings (SSSR count). The first-order valence-electron chi connectivity index (χ1n) is 5.64. The van der Waals surface area contributed by atoms with Crippen LogP contribution in [0.15, 0.2) is 41.3 Å². The van der Waals surface area contributed by atoms with Crippen LogP contribution in [0.1, 0.15) is 18.4 Å². The topological polar surface area (TPSA) is 41.0 Å². The third kappa shape index (κ3) is 2.17. The normalized spacial score (nSPS) is 15.8. The van der Waals surface area contributed by atoms with Gasteiger partial charge in [0, 0.05) is 30.4 Å². The zero-order chi connectivity index (χ0) is 11.7. The maximum Gasteiger partial charge on any atom is 0.137 e. The Hall–Kier alpha value is -1.42. The van der Waals surface area contributed by atoms with Gasteiger partial charge in [0.25, 0.3) is 0 Å². The molecule has 86 valence electrons. The van der Waals surface area contributed by atoms with E-state index in [0.29, 0.717) is 0 Å². The van der Waals surface area contributed by atoms with Crippen molar-refractivity contribution in [3.63, 3.8) is 0 Å². The van der Waals surface area contributed by atoms with Crippen molar-refractivity contribution in [1.82, 2.24) is 9.97 Å². The molecule has 0 atom stereocenters. The van der Waals surface area contributed by atoms with Gasteiger partial charge < -0.3 is 4.98 Å². The van der Waals surface area contributed by atoms with Crippen LogP contribution in [0.5, 0.6) is 0 Å². The van der Waals surface area contributed by atoms with Gasteiger partial charge in [-0.05, 0) is 52.0 Å². The van der Waals surface area contributed by atoms with E-state index in [9.17, 15) is 0 Å². The molecule has 1 N–H and O–H groups in total. The van der Waals surface area contributed by atoms with Gasteiger partial charge in [0.05, 0.1) is 4.62 Å². The number of halogens is 1. The van der Waals surface area contributed by atoms with Crippen LogP contribution in [-0.4, -0.2) is 14.6 Å². The van der Waals surface area contributed by atoms with Crippen LogP contribution < -0.4 is 0 Å². The molecule has 0 spiro atoms. The number of aromatic amines is 1. The molecular weight excluding hydrogens is 278 g/mol. The average molecular weight is 290 g/mol. The van der Waals surface area contributed by atoms with E-state index < -0.39 is 0 Å². The second kappa shape index (κ2) is 4.45. The van der Waals surface area contributed by atoms with E-state index in [1.54, 1.807) is 0 Å². The van der Waals surface area contributed by atoms with Gasteiger partial charge in [0.1, 0.15) is 5.65 Å². The summed E-state index contributed by atoms with van der Waals surface area (Å²) in [4.78, 5) is 11.8. The standard InChI is InChI=1S/C13H12BrN3/c14-12-4-3-9(7-16-12)6-10-8-17-13-11(10)2-1-5-15-13/h1-2,5,7-8H,3-4,6H2,(H,15,17). The Morgan fingerprint density at radius 2 is 2.29 bits per heavy atom. The van der Waals surface area contributed by atoms with Gasteiger partial charge in [-0.3, -0.25) is 4.99 Å². The lowest BCUT2D eigenvalue weighted by atomic mass is 10.0. The highest BCUT2D eigenvalue weighted by Gasteiger charge is 2.09. The van der Waals surface area contributed by atoms with Crippen molar-refractivity contribution in [2.24, 2.45) is 4.99 Å². The summed E-state index contributed by atoms with van der Waals surface area (Å²) in [7, 11) is 0. The number of H-pyrrole nitrogens is 1. The van der Waals surface area contributed by atoms with Crippen molar-refractivity contribution in [1.29, 1.82) is 0 Å². The minimum Gasteiger partial charge on any atom is -0.346 e. The minimum atomic E-state index is 0.954. The molecule has 0 bridgehead atoms. The highest BCUT2D eigenvalue weighted by molar-refractivity contribution is 9.18. The molecule has 2 aromatic rings. The number of hydrogen-bond acceptors (Lipinski definition) is 2. The van der Waals surface area contributed by atoms with Gasteiger partial charge >= 0.3 is 0 Å². The third-order valence-corrected chi connectivity index (χ3v) is 3.60. The average Bonchev–Trinajstić information content (AvgIpc) is 2.76. The van der Waals surface area contributed by atoms with Crippen LogP contribution in [-0.2, 0) is 6.42 Å². The number of aliphatic imine (C=N–C) groups is 1. The fraction of sp³-hybridized carbons (Fsp3) is 0.231. The molecule has 0 radical (unpaired) electrons. The molecule has 3 nitrogen and oxygen atoms in total. The lowest BCUT2D eigenvalue weighted by Crippen LogP contribution is -1.98. The van der Waals surface area contributed by atoms with E-state index in [4.69, 9.17) is 0 Å². The van der Waals surface area contributed by atoms with E-state index in [2.05, 4.69) is 37.0 Å². The van der Waals surface area contributed by atoms with Crippen molar-refractivity contribution in [2.45, 2.75) is 19.3 Å². The number of aromatic nitrogens is 2. The summed E-state index contributed by atoms with van der Waals surface area (Å²) in [5.41, 5.74) is 3.63. The van der Waals surface area contributed by atoms with Crippen molar-refractivity contribution in [3.05, 3.63) is 41.9 Å². The van der Waals surface area contributed by atoms with E-state index in [-0.39, 0.29) is 0 Å². The summed E-state index contributed by atoms with van der Waals surface area (Å²) < 4.78 is 1.04. The summed E-state index contributed by atoms with van der Waals surface area (Å²) in [6.07, 6.45) is 8.87. The van der Waals surface area contributed by atoms with E-state index in [0.717, 1.165) is 29.5 Å². The smallest absolute Gasteiger partial charge is 0.137 e. The first-order valence-corrected chi connectivity index (χ1v) is 6.43. The predicted octanol–water partition coefficient (Wildman–Crippen LogP) is 3.58. The Labute approximate surface area is 108 Å². The second-order valence-corrected chi connectivity index (χ2v) is 5.10. The van der Waals surface area contributed by atoms with Gasteiger partial charge in [0.15, 0.2) is 0 Å². The number of hydrogen-bond donors (Lipinski definition) is 1. The zero-order valence-corrected chi connectivity index (χ0v) is 10.9. The fourth-order valence-electron chi connectivity index (χ4n) is 2.09. The molecule has 1 aliphatic rings. The molecular formula is C13H12BrN3. The highest BCUT2D eigenvalue weighted by Crippen LogP contribution is 2.23. The molecule has 0 saturated heterocycles. The molecule has 0 amide bonds. The Bertz CT molecular complexity index is 610. The van der Waals surface area contributed by atoms with Gasteiger partial charge in [-0.25, -0.2) is 4.98 Å². The monoisotopic (exact) mass is 289 g/mol. The van der Waals surface area contributed by atoms with Crippen LogP contribution >= 0.6 is 15.9 Å². The maximum atomic E-state index is 4.32. The quantitative estimate of drug-likeness (QED) is 0.902. The van der Waals surface area contributed by atoms with Crippen LogP contribution in [0.4, 0.5) is 0 Å². The molecule has 17 heavy (non-hydrogen) atoms. The lowest BCUT2D eigenvalue weighted by molar-refractivity contribution is 0.934. The summed E-state index contributed by atoms with van der Waals surface area (Å²) in [5.74, 6) is 0. The summed E-state index contributed by atoms with van der Waals surface area (Å²) in [6.45, 7) is 0. The SMILES string of the molecule is BrC1=NC=C(Cc2c[nH]c3ncccc23)CC1. The Morgan fingerprint density at radius 3 is 3.12 bits per heavy atom. The summed E-state index contributed by atoms with van der Waals surface area (Å²) in [6, 6.07) is 4.08. The highest BCUT2D eigenvalue weighted by atomic mass is 79.9. The Kier molecular flexibility index (Phi) is 2.81. The number of fused-ring (bicyclic) bond motifs is 1. The van der Waals surface area contributed by atoms with E-state index in [1.165, 1.54) is 16.5 Å². The van der Waals surface area contributed by atoms with Gasteiger partial charge in [0.2, 0.25) is 0 Å². The number of nitrogens with one attached hydrogen (secondary N) is 1. The van der Waals surface area contributed by atoms with Crippen molar-refractivity contribution in [3.8, 4) is 0 Å². The second-order valence-electron chi connectivity index (χ2n) is 4.18. The number of rotatable bonds is 2. The molecule has 0 aliphatic carbocycles. The first kappa shape index (κ1) is 10.7. The van der Waals surface area contributed by atoms with E-state index >= 15 is 0 Å². The van der Waals surface area contributed by atoms with Crippen LogP contribution in [0.3, 0.4) is 0 Å². The van der Waals surface area contributed by atoms with Gasteiger partial charge in [-0.15, -0.1) is 0 Å². The van der Waals surface area contributed by atoms with Crippen molar-refractivity contribution in [2.75, 3.05) is 0 Å². The summed E-state index contributed by atoms with van der Waals surface area (Å²) in [5, 5.41) is 1.21. The molecule has 4 heteroatoms. The molecule has 0 unspecified atom stereocenters. The maximum absolute atomic E-state index is 4.32. The summed E-state index contributed by atoms with van der Waals surface area (Å²) >= 11 is 3.42. The van der Waals surface area contributed by atoms with Crippen LogP contribution in [0, 0.1) is 0 Å². The number of nitrogens with zero attached hydrogens (tertiary/aromatic N) is 2. The molecule has 2 aromatic heterocycles. The largest absolute Gasteiger partial charge is 0.346 e. The van der Waals surface area contributed by atoms with Crippen molar-refractivity contribution >= 4 is 31.6 Å². The number of allylic oxidation sites excluding steroid dienone is 1. The molecule has 1 aliphatic heterocycles. The van der Waals surface area contributed by atoms with E-state index in [1.807, 2.05) is 24.7 Å². The first-order chi connectivity index (χ1) is 8.33. The Morgan fingerprint density at radius 1 is 1.35 bits per heavy atom. The van der Waals surface area contributed by atoms with Crippen molar-refractivity contribution < 1.29 is 0 Å². The lowest BCUT2D eigenvalue weighted by Gasteiger charge is -2.09. The molecule has 0 fully saturated rings. The number of pyridine rings is 1. The molecule has 0 saturated carbocycles. The van der Waals surface area contributed by atoms with Crippen LogP contribution in [0.25, 0.3) is 11.0 Å². The Balaban J connectivity index is 1.91. The minimum absolute atomic E-state index is 0.954. The fourth-order valence-corrected chi connectivity index (χ4v) is 2.39. The zero-order valence-electron chi connectivity index (χ0n) is 9.28. The third-order valence-electron chi connectivity index (χ3n) is 2.99. The molecule has 3 heterocycles. The van der Waals surface area contributed by atoms with Crippen LogP contribution in [0.2, 0.25) is 0 Å². The van der Waals surface area contributed by atoms with Gasteiger partial charge in [-0.1, -0.05) is 0 Å². The predicted molar refractivity (Wildman–Crippen MR) is 73.5 cm³/mol. The molecule has 0 aromatic carbocycles. The van der Waals surface area contributed by atoms with Gasteiger partial charge in [-0.2, -0.15) is 0 Å².